The lowest BCUT2D eigenvalue weighted by Gasteiger charge is -2.23. The fraction of sp³-hybridized carbons (Fsp3) is 0.286. The van der Waals surface area contributed by atoms with Gasteiger partial charge in [0, 0.05) is 12.1 Å². The second-order valence-electron chi connectivity index (χ2n) is 6.65. The molecule has 2 N–H and O–H groups in total. The van der Waals surface area contributed by atoms with Crippen LogP contribution in [0.4, 0.5) is 5.69 Å². The second kappa shape index (κ2) is 7.45. The summed E-state index contributed by atoms with van der Waals surface area (Å²) >= 11 is 0. The summed E-state index contributed by atoms with van der Waals surface area (Å²) in [6.07, 6.45) is 3.30. The first-order valence-electron chi connectivity index (χ1n) is 8.56. The third-order valence-electron chi connectivity index (χ3n) is 4.45. The van der Waals surface area contributed by atoms with Crippen molar-refractivity contribution in [2.75, 3.05) is 25.0 Å². The van der Waals surface area contributed by atoms with Crippen molar-refractivity contribution >= 4 is 17.2 Å². The fourth-order valence-corrected chi connectivity index (χ4v) is 3.34. The van der Waals surface area contributed by atoms with Gasteiger partial charge in [0.05, 0.1) is 13.1 Å². The van der Waals surface area contributed by atoms with Gasteiger partial charge in [0.2, 0.25) is 0 Å². The molecule has 3 heteroatoms. The summed E-state index contributed by atoms with van der Waals surface area (Å²) in [6, 6.07) is 16.7. The smallest absolute Gasteiger partial charge is 0.279 e. The molecule has 0 saturated carbocycles. The van der Waals surface area contributed by atoms with Crippen LogP contribution >= 0.6 is 0 Å². The molecule has 2 aromatic carbocycles. The lowest BCUT2D eigenvalue weighted by Crippen LogP contribution is -3.13. The van der Waals surface area contributed by atoms with Crippen LogP contribution in [0.25, 0.3) is 5.57 Å². The molecule has 1 aliphatic heterocycles. The minimum absolute atomic E-state index is 0.0894. The van der Waals surface area contributed by atoms with Crippen LogP contribution in [0.3, 0.4) is 0 Å². The molecule has 0 fully saturated rings. The summed E-state index contributed by atoms with van der Waals surface area (Å²) in [7, 11) is 0. The van der Waals surface area contributed by atoms with Gasteiger partial charge in [0.1, 0.15) is 0 Å². The van der Waals surface area contributed by atoms with Crippen LogP contribution in [0.5, 0.6) is 0 Å². The lowest BCUT2D eigenvalue weighted by atomic mass is 10.00. The Bertz CT molecular complexity index is 729. The fourth-order valence-electron chi connectivity index (χ4n) is 3.34. The van der Waals surface area contributed by atoms with Gasteiger partial charge < -0.3 is 10.2 Å². The minimum Gasteiger partial charge on any atom is -0.324 e. The SMILES string of the molecule is Cc1cc(C)cc(NC(=O)C[NH+]2CC=C(c3ccccc3)CC2)c1. The minimum atomic E-state index is 0.0894. The number of hydrogen-bond donors (Lipinski definition) is 2. The van der Waals surface area contributed by atoms with E-state index in [0.717, 1.165) is 25.2 Å². The van der Waals surface area contributed by atoms with E-state index in [4.69, 9.17) is 0 Å². The highest BCUT2D eigenvalue weighted by molar-refractivity contribution is 5.91. The molecule has 1 atom stereocenters. The zero-order chi connectivity index (χ0) is 16.9. The first-order chi connectivity index (χ1) is 11.6. The van der Waals surface area contributed by atoms with E-state index in [-0.39, 0.29) is 5.91 Å². The van der Waals surface area contributed by atoms with Crippen molar-refractivity contribution in [1.29, 1.82) is 0 Å². The van der Waals surface area contributed by atoms with Crippen molar-refractivity contribution in [3.63, 3.8) is 0 Å². The van der Waals surface area contributed by atoms with Crippen molar-refractivity contribution in [3.05, 3.63) is 71.3 Å². The molecule has 0 aliphatic carbocycles. The quantitative estimate of drug-likeness (QED) is 0.892. The Morgan fingerprint density at radius 2 is 1.79 bits per heavy atom. The first kappa shape index (κ1) is 16.5. The maximum Gasteiger partial charge on any atom is 0.279 e. The summed E-state index contributed by atoms with van der Waals surface area (Å²) in [5.74, 6) is 0.0894. The molecule has 1 unspecified atom stereocenters. The lowest BCUT2D eigenvalue weighted by molar-refractivity contribution is -0.886. The predicted octanol–water partition coefficient (Wildman–Crippen LogP) is 2.61. The number of benzene rings is 2. The number of nitrogens with one attached hydrogen (secondary N) is 2. The van der Waals surface area contributed by atoms with Gasteiger partial charge >= 0.3 is 0 Å². The van der Waals surface area contributed by atoms with E-state index in [2.05, 4.69) is 55.6 Å². The molecule has 0 saturated heterocycles. The molecule has 0 radical (unpaired) electrons. The maximum absolute atomic E-state index is 12.3. The molecule has 1 amide bonds. The van der Waals surface area contributed by atoms with Gasteiger partial charge in [-0.05, 0) is 54.3 Å². The van der Waals surface area contributed by atoms with Crippen LogP contribution in [0.1, 0.15) is 23.1 Å². The topological polar surface area (TPSA) is 33.5 Å². The van der Waals surface area contributed by atoms with Crippen LogP contribution in [0.15, 0.2) is 54.6 Å². The third-order valence-corrected chi connectivity index (χ3v) is 4.45. The zero-order valence-electron chi connectivity index (χ0n) is 14.4. The molecule has 3 rings (SSSR count). The zero-order valence-corrected chi connectivity index (χ0v) is 14.4. The summed E-state index contributed by atoms with van der Waals surface area (Å²) < 4.78 is 0. The van der Waals surface area contributed by atoms with Crippen LogP contribution in [0.2, 0.25) is 0 Å². The number of amides is 1. The molecule has 3 nitrogen and oxygen atoms in total. The molecular weight excluding hydrogens is 296 g/mol. The van der Waals surface area contributed by atoms with E-state index >= 15 is 0 Å². The summed E-state index contributed by atoms with van der Waals surface area (Å²) in [5.41, 5.74) is 5.94. The molecular formula is C21H25N2O+. The molecule has 0 bridgehead atoms. The highest BCUT2D eigenvalue weighted by Crippen LogP contribution is 2.17. The average Bonchev–Trinajstić information content (AvgIpc) is 2.55. The van der Waals surface area contributed by atoms with E-state index in [1.54, 1.807) is 0 Å². The summed E-state index contributed by atoms with van der Waals surface area (Å²) in [5, 5.41) is 3.03. The molecule has 2 aromatic rings. The maximum atomic E-state index is 12.3. The molecule has 1 aliphatic rings. The Morgan fingerprint density at radius 1 is 1.08 bits per heavy atom. The van der Waals surface area contributed by atoms with Crippen LogP contribution in [-0.2, 0) is 4.79 Å². The van der Waals surface area contributed by atoms with Gasteiger partial charge in [0.15, 0.2) is 6.54 Å². The monoisotopic (exact) mass is 321 g/mol. The van der Waals surface area contributed by atoms with E-state index in [0.29, 0.717) is 6.54 Å². The van der Waals surface area contributed by atoms with Crippen molar-refractivity contribution < 1.29 is 9.69 Å². The van der Waals surface area contributed by atoms with Gasteiger partial charge in [-0.2, -0.15) is 0 Å². The highest BCUT2D eigenvalue weighted by Gasteiger charge is 2.18. The molecule has 0 spiro atoms. The van der Waals surface area contributed by atoms with Crippen molar-refractivity contribution in [3.8, 4) is 0 Å². The van der Waals surface area contributed by atoms with Crippen LogP contribution < -0.4 is 10.2 Å². The van der Waals surface area contributed by atoms with E-state index in [1.165, 1.54) is 27.2 Å². The number of quaternary nitrogens is 1. The van der Waals surface area contributed by atoms with Gasteiger partial charge in [-0.1, -0.05) is 36.4 Å². The van der Waals surface area contributed by atoms with Gasteiger partial charge in [-0.25, -0.2) is 0 Å². The second-order valence-corrected chi connectivity index (χ2v) is 6.65. The summed E-state index contributed by atoms with van der Waals surface area (Å²) in [6.45, 7) is 6.53. The van der Waals surface area contributed by atoms with Gasteiger partial charge in [0.25, 0.3) is 5.91 Å². The van der Waals surface area contributed by atoms with Crippen molar-refractivity contribution in [2.24, 2.45) is 0 Å². The Kier molecular flexibility index (Phi) is 5.11. The molecule has 0 aromatic heterocycles. The first-order valence-corrected chi connectivity index (χ1v) is 8.56. The van der Waals surface area contributed by atoms with E-state index in [1.807, 2.05) is 18.2 Å². The van der Waals surface area contributed by atoms with E-state index in [9.17, 15) is 4.79 Å². The predicted molar refractivity (Wildman–Crippen MR) is 99.1 cm³/mol. The number of rotatable bonds is 4. The Morgan fingerprint density at radius 3 is 2.42 bits per heavy atom. The summed E-state index contributed by atoms with van der Waals surface area (Å²) in [4.78, 5) is 13.6. The van der Waals surface area contributed by atoms with Crippen molar-refractivity contribution in [2.45, 2.75) is 20.3 Å². The number of aryl methyl sites for hydroxylation is 2. The third kappa shape index (κ3) is 4.33. The number of anilines is 1. The van der Waals surface area contributed by atoms with E-state index < -0.39 is 0 Å². The Labute approximate surface area is 144 Å². The normalized spacial score (nSPS) is 17.2. The Balaban J connectivity index is 1.56. The molecule has 24 heavy (non-hydrogen) atoms. The highest BCUT2D eigenvalue weighted by atomic mass is 16.2. The average molecular weight is 321 g/mol. The number of carbonyl (C=O) groups excluding carboxylic acids is 1. The van der Waals surface area contributed by atoms with Crippen LogP contribution in [-0.4, -0.2) is 25.5 Å². The number of carbonyl (C=O) groups is 1. The standard InChI is InChI=1S/C21H24N2O/c1-16-12-17(2)14-20(13-16)22-21(24)15-23-10-8-19(9-11-23)18-6-4-3-5-7-18/h3-8,12-14H,9-11,15H2,1-2H3,(H,22,24)/p+1. The molecule has 124 valence electrons. The van der Waals surface area contributed by atoms with Gasteiger partial charge in [-0.15, -0.1) is 0 Å². The van der Waals surface area contributed by atoms with Crippen LogP contribution in [0, 0.1) is 13.8 Å². The Hall–Kier alpha value is -2.39. The molecule has 1 heterocycles. The number of hydrogen-bond acceptors (Lipinski definition) is 1. The van der Waals surface area contributed by atoms with Crippen molar-refractivity contribution in [1.82, 2.24) is 0 Å². The van der Waals surface area contributed by atoms with Gasteiger partial charge in [-0.3, -0.25) is 4.79 Å². The largest absolute Gasteiger partial charge is 0.324 e.